The van der Waals surface area contributed by atoms with Crippen molar-refractivity contribution < 1.29 is 5.11 Å². The van der Waals surface area contributed by atoms with E-state index in [0.29, 0.717) is 4.32 Å². The van der Waals surface area contributed by atoms with Gasteiger partial charge in [0.15, 0.2) is 4.32 Å². The van der Waals surface area contributed by atoms with Crippen LogP contribution in [0.3, 0.4) is 0 Å². The quantitative estimate of drug-likeness (QED) is 0.363. The average molecular weight is 372 g/mol. The van der Waals surface area contributed by atoms with E-state index in [9.17, 15) is 0 Å². The van der Waals surface area contributed by atoms with Gasteiger partial charge in [-0.2, -0.15) is 5.10 Å². The molecule has 0 saturated carbocycles. The Morgan fingerprint density at radius 3 is 2.60 bits per heavy atom. The van der Waals surface area contributed by atoms with E-state index in [2.05, 4.69) is 39.8 Å². The van der Waals surface area contributed by atoms with E-state index >= 15 is 0 Å². The fraction of sp³-hybridized carbons (Fsp3) is 0.158. The molecule has 1 aromatic heterocycles. The summed E-state index contributed by atoms with van der Waals surface area (Å²) >= 11 is 6.83. The number of hydrazone groups is 1. The molecule has 2 aromatic carbocycles. The second-order valence-corrected chi connectivity index (χ2v) is 6.71. The molecule has 0 atom stereocenters. The highest BCUT2D eigenvalue weighted by Crippen LogP contribution is 2.14. The smallest absolute Gasteiger partial charge is 0.154 e. The molecule has 130 valence electrons. The number of aliphatic hydroxyl groups excluding tert-OH is 1. The zero-order valence-electron chi connectivity index (χ0n) is 14.0. The number of thioether (sulfide) groups is 1. The zero-order valence-corrected chi connectivity index (χ0v) is 15.6. The lowest BCUT2D eigenvalue weighted by molar-refractivity contribution is 0.318. The summed E-state index contributed by atoms with van der Waals surface area (Å²) in [7, 11) is 0. The van der Waals surface area contributed by atoms with Crippen LogP contribution in [-0.2, 0) is 5.75 Å². The molecule has 0 radical (unpaired) electrons. The van der Waals surface area contributed by atoms with Gasteiger partial charge in [-0.1, -0.05) is 72.5 Å². The number of thiocarbonyl (C=S) groups is 1. The Bertz CT molecular complexity index is 783. The molecule has 0 amide bonds. The first-order valence-corrected chi connectivity index (χ1v) is 9.30. The molecule has 0 spiro atoms. The van der Waals surface area contributed by atoms with Crippen LogP contribution in [0.1, 0.15) is 18.2 Å². The van der Waals surface area contributed by atoms with E-state index in [4.69, 9.17) is 17.3 Å². The lowest BCUT2D eigenvalue weighted by Crippen LogP contribution is -2.11. The van der Waals surface area contributed by atoms with Gasteiger partial charge in [0.1, 0.15) is 0 Å². The Balaban J connectivity index is 0.000000701. The van der Waals surface area contributed by atoms with Crippen molar-refractivity contribution in [3.8, 4) is 0 Å². The molecular formula is C19H21N3OS2. The van der Waals surface area contributed by atoms with Gasteiger partial charge in [0.2, 0.25) is 0 Å². The first kappa shape index (κ1) is 19.2. The molecule has 3 rings (SSSR count). The third-order valence-corrected chi connectivity index (χ3v) is 4.40. The third kappa shape index (κ3) is 6.70. The van der Waals surface area contributed by atoms with E-state index < -0.39 is 0 Å². The number of aromatic amines is 1. The summed E-state index contributed by atoms with van der Waals surface area (Å²) in [4.78, 5) is 3.29. The number of aromatic nitrogens is 1. The van der Waals surface area contributed by atoms with E-state index in [0.717, 1.165) is 17.0 Å². The first-order valence-electron chi connectivity index (χ1n) is 7.91. The summed E-state index contributed by atoms with van der Waals surface area (Å²) in [6.07, 6.45) is 1.75. The van der Waals surface area contributed by atoms with Gasteiger partial charge in [0, 0.05) is 23.3 Å². The number of aliphatic hydroxyl groups is 1. The minimum Gasteiger partial charge on any atom is -0.397 e. The monoisotopic (exact) mass is 371 g/mol. The molecule has 0 aliphatic heterocycles. The van der Waals surface area contributed by atoms with E-state index in [1.54, 1.807) is 24.9 Å². The maximum Gasteiger partial charge on any atom is 0.154 e. The Morgan fingerprint density at radius 2 is 1.88 bits per heavy atom. The SMILES string of the molecule is CCO.S=C(N/N=C/c1cc2ccccc2[nH]1)SCc1ccccc1. The normalized spacial score (nSPS) is 10.5. The highest BCUT2D eigenvalue weighted by Gasteiger charge is 1.99. The topological polar surface area (TPSA) is 60.4 Å². The molecule has 0 bridgehead atoms. The zero-order chi connectivity index (χ0) is 17.9. The van der Waals surface area contributed by atoms with Gasteiger partial charge < -0.3 is 10.1 Å². The largest absolute Gasteiger partial charge is 0.397 e. The van der Waals surface area contributed by atoms with Gasteiger partial charge in [0.05, 0.1) is 11.9 Å². The number of para-hydroxylation sites is 1. The first-order chi connectivity index (χ1) is 12.2. The lowest BCUT2D eigenvalue weighted by atomic mass is 10.2. The summed E-state index contributed by atoms with van der Waals surface area (Å²) in [6, 6.07) is 20.4. The van der Waals surface area contributed by atoms with Crippen LogP contribution < -0.4 is 5.43 Å². The minimum absolute atomic E-state index is 0.250. The molecule has 0 aliphatic rings. The second kappa shape index (κ2) is 10.7. The van der Waals surface area contributed by atoms with Crippen LogP contribution in [0.2, 0.25) is 0 Å². The van der Waals surface area contributed by atoms with Crippen molar-refractivity contribution in [2.24, 2.45) is 5.10 Å². The number of nitrogens with zero attached hydrogens (tertiary/aromatic N) is 1. The van der Waals surface area contributed by atoms with E-state index in [1.165, 1.54) is 10.9 Å². The van der Waals surface area contributed by atoms with Gasteiger partial charge in [-0.15, -0.1) is 0 Å². The van der Waals surface area contributed by atoms with Gasteiger partial charge in [0.25, 0.3) is 0 Å². The van der Waals surface area contributed by atoms with Gasteiger partial charge in [-0.05, 0) is 24.6 Å². The number of H-pyrrole nitrogens is 1. The number of benzene rings is 2. The van der Waals surface area contributed by atoms with Crippen molar-refractivity contribution in [2.75, 3.05) is 6.61 Å². The van der Waals surface area contributed by atoms with Crippen molar-refractivity contribution in [3.63, 3.8) is 0 Å². The number of fused-ring (bicyclic) bond motifs is 1. The van der Waals surface area contributed by atoms with Crippen molar-refractivity contribution in [2.45, 2.75) is 12.7 Å². The molecule has 0 unspecified atom stereocenters. The van der Waals surface area contributed by atoms with Crippen LogP contribution in [0.4, 0.5) is 0 Å². The fourth-order valence-electron chi connectivity index (χ4n) is 2.08. The number of nitrogens with one attached hydrogen (secondary N) is 2. The number of hydrogen-bond acceptors (Lipinski definition) is 4. The number of hydrogen-bond donors (Lipinski definition) is 3. The van der Waals surface area contributed by atoms with Crippen molar-refractivity contribution in [1.29, 1.82) is 0 Å². The molecule has 0 saturated heterocycles. The highest BCUT2D eigenvalue weighted by molar-refractivity contribution is 8.22. The van der Waals surface area contributed by atoms with Gasteiger partial charge in [-0.3, -0.25) is 5.43 Å². The highest BCUT2D eigenvalue weighted by atomic mass is 32.2. The Kier molecular flexibility index (Phi) is 8.18. The summed E-state index contributed by atoms with van der Waals surface area (Å²) < 4.78 is 0.663. The predicted octanol–water partition coefficient (Wildman–Crippen LogP) is 4.31. The van der Waals surface area contributed by atoms with Gasteiger partial charge >= 0.3 is 0 Å². The summed E-state index contributed by atoms with van der Waals surface area (Å²) in [5.74, 6) is 0.842. The Hall–Kier alpha value is -2.15. The minimum atomic E-state index is 0.250. The van der Waals surface area contributed by atoms with Crippen LogP contribution >= 0.6 is 24.0 Å². The summed E-state index contributed by atoms with van der Waals surface area (Å²) in [6.45, 7) is 1.93. The average Bonchev–Trinajstić information content (AvgIpc) is 3.04. The standard InChI is InChI=1S/C17H15N3S2.C2H6O/c21-17(22-12-13-6-2-1-3-7-13)20-18-11-15-10-14-8-4-5-9-16(14)19-15;1-2-3/h1-11,19H,12H2,(H,20,21);3H,2H2,1H3/b18-11+;. The van der Waals surface area contributed by atoms with E-state index in [1.807, 2.05) is 36.4 Å². The van der Waals surface area contributed by atoms with Crippen molar-refractivity contribution in [3.05, 3.63) is 71.9 Å². The Labute approximate surface area is 157 Å². The lowest BCUT2D eigenvalue weighted by Gasteiger charge is -2.02. The molecular weight excluding hydrogens is 350 g/mol. The van der Waals surface area contributed by atoms with Crippen LogP contribution in [0.25, 0.3) is 10.9 Å². The van der Waals surface area contributed by atoms with E-state index in [-0.39, 0.29) is 6.61 Å². The molecule has 0 aliphatic carbocycles. The van der Waals surface area contributed by atoms with Crippen molar-refractivity contribution >= 4 is 45.4 Å². The molecule has 6 heteroatoms. The molecule has 0 fully saturated rings. The molecule has 25 heavy (non-hydrogen) atoms. The van der Waals surface area contributed by atoms with Crippen LogP contribution in [-0.4, -0.2) is 27.2 Å². The predicted molar refractivity (Wildman–Crippen MR) is 112 cm³/mol. The Morgan fingerprint density at radius 1 is 1.20 bits per heavy atom. The maximum absolute atomic E-state index is 7.57. The van der Waals surface area contributed by atoms with Crippen molar-refractivity contribution in [1.82, 2.24) is 10.4 Å². The number of rotatable bonds is 4. The van der Waals surface area contributed by atoms with Gasteiger partial charge in [-0.25, -0.2) is 0 Å². The van der Waals surface area contributed by atoms with Crippen LogP contribution in [0, 0.1) is 0 Å². The maximum atomic E-state index is 7.57. The summed E-state index contributed by atoms with van der Waals surface area (Å²) in [5, 5.41) is 12.9. The summed E-state index contributed by atoms with van der Waals surface area (Å²) in [5.41, 5.74) is 6.19. The molecule has 3 aromatic rings. The van der Waals surface area contributed by atoms with Crippen LogP contribution in [0.15, 0.2) is 65.8 Å². The van der Waals surface area contributed by atoms with Crippen LogP contribution in [0.5, 0.6) is 0 Å². The molecule has 1 heterocycles. The molecule has 3 N–H and O–H groups in total. The fourth-order valence-corrected chi connectivity index (χ4v) is 2.91. The second-order valence-electron chi connectivity index (χ2n) is 5.06. The molecule has 4 nitrogen and oxygen atoms in total. The third-order valence-electron chi connectivity index (χ3n) is 3.12.